The number of benzene rings is 1. The lowest BCUT2D eigenvalue weighted by molar-refractivity contribution is 0.0760. The molecule has 0 heterocycles. The van der Waals surface area contributed by atoms with Crippen LogP contribution in [-0.4, -0.2) is 31.4 Å². The summed E-state index contributed by atoms with van der Waals surface area (Å²) in [6, 6.07) is 5.88. The number of nitrogens with zero attached hydrogens (tertiary/aromatic N) is 1. The Kier molecular flexibility index (Phi) is 5.05. The normalized spacial score (nSPS) is 15.9. The number of hydrogen-bond acceptors (Lipinski definition) is 2. The topological polar surface area (TPSA) is 32.3 Å². The van der Waals surface area contributed by atoms with E-state index < -0.39 is 0 Å². The van der Waals surface area contributed by atoms with Gasteiger partial charge in [-0.1, -0.05) is 19.3 Å². The summed E-state index contributed by atoms with van der Waals surface area (Å²) in [5.74, 6) is 0.830. The molecule has 0 unspecified atom stereocenters. The van der Waals surface area contributed by atoms with Crippen LogP contribution in [0.25, 0.3) is 0 Å². The molecular weight excluding hydrogens is 248 g/mol. The number of hydrogen-bond donors (Lipinski definition) is 1. The van der Waals surface area contributed by atoms with Crippen molar-refractivity contribution >= 4 is 11.6 Å². The Labute approximate surface area is 122 Å². The van der Waals surface area contributed by atoms with Crippen molar-refractivity contribution in [2.75, 3.05) is 26.0 Å². The first-order chi connectivity index (χ1) is 9.61. The summed E-state index contributed by atoms with van der Waals surface area (Å²) in [4.78, 5) is 14.4. The van der Waals surface area contributed by atoms with Gasteiger partial charge in [-0.3, -0.25) is 4.79 Å². The maximum atomic E-state index is 12.5. The van der Waals surface area contributed by atoms with Gasteiger partial charge < -0.3 is 10.2 Å². The van der Waals surface area contributed by atoms with Crippen molar-refractivity contribution in [1.82, 2.24) is 4.90 Å². The van der Waals surface area contributed by atoms with Gasteiger partial charge in [0.05, 0.1) is 0 Å². The van der Waals surface area contributed by atoms with Crippen LogP contribution in [0.1, 0.15) is 48.0 Å². The highest BCUT2D eigenvalue weighted by molar-refractivity contribution is 5.94. The highest BCUT2D eigenvalue weighted by Gasteiger charge is 2.19. The highest BCUT2D eigenvalue weighted by atomic mass is 16.2. The Bertz CT molecular complexity index is 464. The van der Waals surface area contributed by atoms with Gasteiger partial charge >= 0.3 is 0 Å². The number of anilines is 1. The van der Waals surface area contributed by atoms with Crippen molar-refractivity contribution < 1.29 is 4.79 Å². The molecule has 3 heteroatoms. The number of rotatable bonds is 4. The number of amides is 1. The van der Waals surface area contributed by atoms with E-state index in [1.165, 1.54) is 32.1 Å². The third-order valence-corrected chi connectivity index (χ3v) is 4.35. The Balaban J connectivity index is 2.00. The number of carbonyl (C=O) groups excluding carboxylic acids is 1. The van der Waals surface area contributed by atoms with Gasteiger partial charge in [0.2, 0.25) is 0 Å². The zero-order chi connectivity index (χ0) is 14.5. The number of aryl methyl sites for hydroxylation is 1. The van der Waals surface area contributed by atoms with Crippen molar-refractivity contribution in [3.05, 3.63) is 29.3 Å². The van der Waals surface area contributed by atoms with Gasteiger partial charge in [-0.2, -0.15) is 0 Å². The zero-order valence-electron chi connectivity index (χ0n) is 12.9. The van der Waals surface area contributed by atoms with E-state index in [1.54, 1.807) is 0 Å². The second kappa shape index (κ2) is 6.78. The van der Waals surface area contributed by atoms with Crippen LogP contribution in [0.2, 0.25) is 0 Å². The summed E-state index contributed by atoms with van der Waals surface area (Å²) in [6.45, 7) is 2.93. The minimum absolute atomic E-state index is 0.140. The molecule has 0 aromatic heterocycles. The first-order valence-electron chi connectivity index (χ1n) is 7.65. The lowest BCUT2D eigenvalue weighted by Crippen LogP contribution is -2.32. The maximum absolute atomic E-state index is 12.5. The Morgan fingerprint density at radius 3 is 2.60 bits per heavy atom. The predicted octanol–water partition coefficient (Wildman–Crippen LogP) is 3.69. The van der Waals surface area contributed by atoms with Crippen molar-refractivity contribution in [1.29, 1.82) is 0 Å². The van der Waals surface area contributed by atoms with Gasteiger partial charge in [0.25, 0.3) is 5.91 Å². The molecule has 1 aliphatic carbocycles. The fraction of sp³-hybridized carbons (Fsp3) is 0.588. The fourth-order valence-electron chi connectivity index (χ4n) is 3.14. The first-order valence-corrected chi connectivity index (χ1v) is 7.65. The molecule has 0 aliphatic heterocycles. The number of carbonyl (C=O) groups is 1. The van der Waals surface area contributed by atoms with Gasteiger partial charge in [-0.05, 0) is 49.4 Å². The average molecular weight is 274 g/mol. The molecule has 1 fully saturated rings. The maximum Gasteiger partial charge on any atom is 0.253 e. The third-order valence-electron chi connectivity index (χ3n) is 4.35. The Morgan fingerprint density at radius 1 is 1.30 bits per heavy atom. The quantitative estimate of drug-likeness (QED) is 0.908. The largest absolute Gasteiger partial charge is 0.388 e. The molecule has 1 aromatic rings. The van der Waals surface area contributed by atoms with Crippen molar-refractivity contribution in [3.8, 4) is 0 Å². The smallest absolute Gasteiger partial charge is 0.253 e. The van der Waals surface area contributed by atoms with Gasteiger partial charge in [-0.25, -0.2) is 0 Å². The molecule has 1 N–H and O–H groups in total. The average Bonchev–Trinajstić information content (AvgIpc) is 2.47. The molecule has 0 radical (unpaired) electrons. The molecule has 20 heavy (non-hydrogen) atoms. The van der Waals surface area contributed by atoms with Crippen LogP contribution in [0.5, 0.6) is 0 Å². The molecule has 0 spiro atoms. The second-order valence-corrected chi connectivity index (χ2v) is 5.97. The van der Waals surface area contributed by atoms with Crippen LogP contribution in [0.3, 0.4) is 0 Å². The van der Waals surface area contributed by atoms with Crippen LogP contribution in [0.4, 0.5) is 5.69 Å². The van der Waals surface area contributed by atoms with E-state index in [4.69, 9.17) is 0 Å². The van der Waals surface area contributed by atoms with Gasteiger partial charge in [-0.15, -0.1) is 0 Å². The fourth-order valence-corrected chi connectivity index (χ4v) is 3.14. The summed E-state index contributed by atoms with van der Waals surface area (Å²) < 4.78 is 0. The van der Waals surface area contributed by atoms with Crippen LogP contribution in [0, 0.1) is 12.8 Å². The zero-order valence-corrected chi connectivity index (χ0v) is 12.9. The van der Waals surface area contributed by atoms with E-state index in [2.05, 4.69) is 5.32 Å². The molecule has 2 rings (SSSR count). The summed E-state index contributed by atoms with van der Waals surface area (Å²) in [5, 5.41) is 3.13. The molecule has 110 valence electrons. The van der Waals surface area contributed by atoms with E-state index in [-0.39, 0.29) is 5.91 Å². The summed E-state index contributed by atoms with van der Waals surface area (Å²) >= 11 is 0. The van der Waals surface area contributed by atoms with Crippen LogP contribution in [-0.2, 0) is 0 Å². The summed E-state index contributed by atoms with van der Waals surface area (Å²) in [6.07, 6.45) is 6.55. The van der Waals surface area contributed by atoms with Gasteiger partial charge in [0, 0.05) is 31.9 Å². The summed E-state index contributed by atoms with van der Waals surface area (Å²) in [7, 11) is 3.83. The minimum Gasteiger partial charge on any atom is -0.388 e. The SMILES string of the molecule is CNc1ccc(C(=O)N(C)CC2CCCCC2)cc1C. The van der Waals surface area contributed by atoms with Crippen molar-refractivity contribution in [2.24, 2.45) is 5.92 Å². The van der Waals surface area contributed by atoms with Gasteiger partial charge in [0.15, 0.2) is 0 Å². The molecule has 1 saturated carbocycles. The number of nitrogens with one attached hydrogen (secondary N) is 1. The monoisotopic (exact) mass is 274 g/mol. The van der Waals surface area contributed by atoms with E-state index in [9.17, 15) is 4.79 Å². The molecule has 1 aliphatic rings. The van der Waals surface area contributed by atoms with Crippen molar-refractivity contribution in [2.45, 2.75) is 39.0 Å². The summed E-state index contributed by atoms with van der Waals surface area (Å²) in [5.41, 5.74) is 2.99. The lowest BCUT2D eigenvalue weighted by atomic mass is 9.89. The van der Waals surface area contributed by atoms with Gasteiger partial charge in [0.1, 0.15) is 0 Å². The van der Waals surface area contributed by atoms with E-state index in [0.717, 1.165) is 23.4 Å². The van der Waals surface area contributed by atoms with Crippen LogP contribution in [0.15, 0.2) is 18.2 Å². The Hall–Kier alpha value is -1.51. The Morgan fingerprint density at radius 2 is 2.00 bits per heavy atom. The van der Waals surface area contributed by atoms with Crippen LogP contribution >= 0.6 is 0 Å². The van der Waals surface area contributed by atoms with Crippen molar-refractivity contribution in [3.63, 3.8) is 0 Å². The molecule has 1 aromatic carbocycles. The predicted molar refractivity (Wildman–Crippen MR) is 84.3 cm³/mol. The molecule has 0 bridgehead atoms. The lowest BCUT2D eigenvalue weighted by Gasteiger charge is -2.27. The molecule has 0 atom stereocenters. The van der Waals surface area contributed by atoms with E-state index in [0.29, 0.717) is 5.92 Å². The molecule has 0 saturated heterocycles. The molecule has 1 amide bonds. The molecular formula is C17H26N2O. The van der Waals surface area contributed by atoms with E-state index >= 15 is 0 Å². The highest BCUT2D eigenvalue weighted by Crippen LogP contribution is 2.25. The third kappa shape index (κ3) is 3.53. The second-order valence-electron chi connectivity index (χ2n) is 5.97. The minimum atomic E-state index is 0.140. The van der Waals surface area contributed by atoms with E-state index in [1.807, 2.05) is 44.1 Å². The standard InChI is InChI=1S/C17H26N2O/c1-13-11-15(9-10-16(13)18-2)17(20)19(3)12-14-7-5-4-6-8-14/h9-11,14,18H,4-8,12H2,1-3H3. The molecule has 3 nitrogen and oxygen atoms in total. The van der Waals surface area contributed by atoms with Crippen LogP contribution < -0.4 is 5.32 Å². The first kappa shape index (κ1) is 14.9.